The van der Waals surface area contributed by atoms with Crippen LogP contribution in [0.1, 0.15) is 36.5 Å². The van der Waals surface area contributed by atoms with Crippen LogP contribution in [0.25, 0.3) is 10.9 Å². The van der Waals surface area contributed by atoms with E-state index in [1.807, 2.05) is 30.3 Å². The van der Waals surface area contributed by atoms with Gasteiger partial charge in [-0.1, -0.05) is 47.5 Å². The minimum absolute atomic E-state index is 0.0324. The predicted octanol–water partition coefficient (Wildman–Crippen LogP) is 4.17. The summed E-state index contributed by atoms with van der Waals surface area (Å²) in [5.74, 6) is 0.497. The van der Waals surface area contributed by atoms with Crippen molar-refractivity contribution in [1.82, 2.24) is 10.3 Å². The average Bonchev–Trinajstić information content (AvgIpc) is 2.52. The van der Waals surface area contributed by atoms with E-state index in [1.165, 1.54) is 0 Å². The van der Waals surface area contributed by atoms with Crippen molar-refractivity contribution in [3.63, 3.8) is 0 Å². The van der Waals surface area contributed by atoms with Crippen LogP contribution in [0.3, 0.4) is 0 Å². The quantitative estimate of drug-likeness (QED) is 0.763. The highest BCUT2D eigenvalue weighted by Gasteiger charge is 2.13. The van der Waals surface area contributed by atoms with E-state index in [0.717, 1.165) is 42.0 Å². The Bertz CT molecular complexity index is 589. The normalized spacial score (nSPS) is 12.3. The first-order valence-corrected chi connectivity index (χ1v) is 8.56. The number of benzene rings is 1. The van der Waals surface area contributed by atoms with Crippen LogP contribution in [0.15, 0.2) is 36.5 Å². The highest BCUT2D eigenvalue weighted by Crippen LogP contribution is 2.16. The summed E-state index contributed by atoms with van der Waals surface area (Å²) < 4.78 is 0. The molecule has 1 atom stereocenters. The van der Waals surface area contributed by atoms with Crippen molar-refractivity contribution in [2.24, 2.45) is 5.92 Å². The van der Waals surface area contributed by atoms with Crippen LogP contribution in [0.2, 0.25) is 0 Å². The Kier molecular flexibility index (Phi) is 6.18. The predicted molar refractivity (Wildman–Crippen MR) is 90.9 cm³/mol. The number of nitrogens with zero attached hydrogens (tertiary/aromatic N) is 1. The zero-order valence-corrected chi connectivity index (χ0v) is 13.9. The van der Waals surface area contributed by atoms with Crippen molar-refractivity contribution in [2.45, 2.75) is 26.2 Å². The smallest absolute Gasteiger partial charge is 0.253 e. The van der Waals surface area contributed by atoms with Gasteiger partial charge in [-0.15, -0.1) is 0 Å². The number of pyridine rings is 1. The molecule has 0 spiro atoms. The molecule has 3 nitrogen and oxygen atoms in total. The van der Waals surface area contributed by atoms with E-state index in [2.05, 4.69) is 33.2 Å². The van der Waals surface area contributed by atoms with E-state index in [0.29, 0.717) is 11.5 Å². The molecule has 0 fully saturated rings. The summed E-state index contributed by atoms with van der Waals surface area (Å²) in [5, 5.41) is 5.03. The Morgan fingerprint density at radius 2 is 2.10 bits per heavy atom. The Hall–Kier alpha value is -1.42. The molecule has 0 saturated carbocycles. The fraction of sp³-hybridized carbons (Fsp3) is 0.412. The van der Waals surface area contributed by atoms with E-state index in [-0.39, 0.29) is 5.91 Å². The molecule has 1 amide bonds. The van der Waals surface area contributed by atoms with Crippen molar-refractivity contribution in [2.75, 3.05) is 11.9 Å². The van der Waals surface area contributed by atoms with Crippen molar-refractivity contribution >= 4 is 32.7 Å². The lowest BCUT2D eigenvalue weighted by Gasteiger charge is -2.16. The molecule has 2 aromatic rings. The summed E-state index contributed by atoms with van der Waals surface area (Å²) in [4.78, 5) is 16.7. The summed E-state index contributed by atoms with van der Waals surface area (Å²) in [7, 11) is 0. The van der Waals surface area contributed by atoms with Gasteiger partial charge < -0.3 is 5.32 Å². The maximum atomic E-state index is 12.4. The number of alkyl halides is 1. The van der Waals surface area contributed by atoms with E-state index in [9.17, 15) is 4.79 Å². The highest BCUT2D eigenvalue weighted by molar-refractivity contribution is 9.09. The summed E-state index contributed by atoms with van der Waals surface area (Å²) in [6, 6.07) is 9.58. The van der Waals surface area contributed by atoms with Gasteiger partial charge >= 0.3 is 0 Å². The number of halogens is 1. The highest BCUT2D eigenvalue weighted by atomic mass is 79.9. The Labute approximate surface area is 134 Å². The van der Waals surface area contributed by atoms with Gasteiger partial charge in [0.1, 0.15) is 0 Å². The number of hydrogen-bond acceptors (Lipinski definition) is 2. The van der Waals surface area contributed by atoms with Crippen LogP contribution >= 0.6 is 15.9 Å². The third-order valence-corrected chi connectivity index (χ3v) is 4.10. The maximum absolute atomic E-state index is 12.4. The monoisotopic (exact) mass is 348 g/mol. The van der Waals surface area contributed by atoms with Gasteiger partial charge in [0.25, 0.3) is 5.91 Å². The number of aromatic nitrogens is 1. The molecule has 4 heteroatoms. The van der Waals surface area contributed by atoms with Crippen molar-refractivity contribution < 1.29 is 4.79 Å². The lowest BCUT2D eigenvalue weighted by Crippen LogP contribution is -2.29. The second-order valence-corrected chi connectivity index (χ2v) is 6.02. The Balaban J connectivity index is 2.08. The molecule has 1 N–H and O–H groups in total. The number of nitrogens with one attached hydrogen (secondary N) is 1. The number of hydrogen-bond donors (Lipinski definition) is 1. The molecule has 2 rings (SSSR count). The van der Waals surface area contributed by atoms with E-state index >= 15 is 0 Å². The first-order chi connectivity index (χ1) is 10.3. The van der Waals surface area contributed by atoms with E-state index in [1.54, 1.807) is 6.20 Å². The fourth-order valence-electron chi connectivity index (χ4n) is 2.53. The molecule has 1 heterocycles. The van der Waals surface area contributed by atoms with Crippen LogP contribution < -0.4 is 5.32 Å². The minimum Gasteiger partial charge on any atom is -0.352 e. The average molecular weight is 349 g/mol. The SMILES string of the molecule is CCCC(CCBr)CNC(=O)c1cccc2cccnc12. The summed E-state index contributed by atoms with van der Waals surface area (Å²) in [5.41, 5.74) is 1.42. The van der Waals surface area contributed by atoms with Gasteiger partial charge in [-0.3, -0.25) is 9.78 Å². The largest absolute Gasteiger partial charge is 0.352 e. The lowest BCUT2D eigenvalue weighted by molar-refractivity contribution is 0.0947. The Morgan fingerprint density at radius 1 is 1.29 bits per heavy atom. The molecule has 0 aliphatic rings. The zero-order chi connectivity index (χ0) is 15.1. The number of carbonyl (C=O) groups is 1. The van der Waals surface area contributed by atoms with Crippen molar-refractivity contribution in [1.29, 1.82) is 0 Å². The van der Waals surface area contributed by atoms with Crippen LogP contribution in [0.4, 0.5) is 0 Å². The van der Waals surface area contributed by atoms with Gasteiger partial charge in [0, 0.05) is 23.5 Å². The van der Waals surface area contributed by atoms with Gasteiger partial charge in [0.2, 0.25) is 0 Å². The molecule has 0 aliphatic carbocycles. The molecule has 1 aromatic carbocycles. The fourth-order valence-corrected chi connectivity index (χ4v) is 3.18. The third kappa shape index (κ3) is 4.27. The van der Waals surface area contributed by atoms with Crippen LogP contribution in [-0.4, -0.2) is 22.8 Å². The molecule has 0 saturated heterocycles. The molecule has 1 aromatic heterocycles. The van der Waals surface area contributed by atoms with E-state index in [4.69, 9.17) is 0 Å². The minimum atomic E-state index is -0.0324. The molecule has 1 unspecified atom stereocenters. The van der Waals surface area contributed by atoms with Crippen molar-refractivity contribution in [3.8, 4) is 0 Å². The lowest BCUT2D eigenvalue weighted by atomic mass is 10.0. The van der Waals surface area contributed by atoms with Gasteiger partial charge in [-0.25, -0.2) is 0 Å². The van der Waals surface area contributed by atoms with Gasteiger partial charge in [0.15, 0.2) is 0 Å². The summed E-state index contributed by atoms with van der Waals surface area (Å²) >= 11 is 3.48. The summed E-state index contributed by atoms with van der Waals surface area (Å²) in [6.07, 6.45) is 5.09. The molecule has 112 valence electrons. The van der Waals surface area contributed by atoms with Gasteiger partial charge in [-0.05, 0) is 30.9 Å². The molecular weight excluding hydrogens is 328 g/mol. The van der Waals surface area contributed by atoms with Gasteiger partial charge in [0.05, 0.1) is 11.1 Å². The van der Waals surface area contributed by atoms with Crippen LogP contribution in [0, 0.1) is 5.92 Å². The molecule has 21 heavy (non-hydrogen) atoms. The molecule has 0 aliphatic heterocycles. The number of para-hydroxylation sites is 1. The molecule has 0 radical (unpaired) electrons. The number of carbonyl (C=O) groups excluding carboxylic acids is 1. The second kappa shape index (κ2) is 8.13. The maximum Gasteiger partial charge on any atom is 0.253 e. The molecule has 0 bridgehead atoms. The first-order valence-electron chi connectivity index (χ1n) is 7.44. The summed E-state index contributed by atoms with van der Waals surface area (Å²) in [6.45, 7) is 2.90. The van der Waals surface area contributed by atoms with Crippen molar-refractivity contribution in [3.05, 3.63) is 42.1 Å². The first kappa shape index (κ1) is 16.0. The zero-order valence-electron chi connectivity index (χ0n) is 12.3. The Morgan fingerprint density at radius 3 is 2.86 bits per heavy atom. The van der Waals surface area contributed by atoms with Crippen LogP contribution in [0.5, 0.6) is 0 Å². The second-order valence-electron chi connectivity index (χ2n) is 5.22. The standard InChI is InChI=1S/C17H21BrN2O/c1-2-5-13(9-10-18)12-20-17(21)15-8-3-6-14-7-4-11-19-16(14)15/h3-4,6-8,11,13H,2,5,9-10,12H2,1H3,(H,20,21). The topological polar surface area (TPSA) is 42.0 Å². The number of fused-ring (bicyclic) bond motifs is 1. The van der Waals surface area contributed by atoms with Crippen LogP contribution in [-0.2, 0) is 0 Å². The van der Waals surface area contributed by atoms with Gasteiger partial charge in [-0.2, -0.15) is 0 Å². The number of amides is 1. The molecular formula is C17H21BrN2O. The van der Waals surface area contributed by atoms with E-state index < -0.39 is 0 Å². The third-order valence-electron chi connectivity index (χ3n) is 3.64. The number of rotatable bonds is 7.